The van der Waals surface area contributed by atoms with Crippen LogP contribution in [0, 0.1) is 11.3 Å². The number of benzene rings is 1. The standard InChI is InChI=1S/C23H28O14/c1-20-6-22(32)12-4-23(20,35-18-16(30)15(29)14(28)11(5-24)34-18)21(12,19(36-20)37-22)7-33-17(31)8-2-9(25)13(27)10(26)3-8/h2-3,11-12,14-16,18-19,24-30,32H,4-7H2,1H3/t11-,12-,14-,15+,16-,18+,19-,20+,21+,22-,23+/m1/s1. The number of hydrogen-bond acceptors (Lipinski definition) is 14. The van der Waals surface area contributed by atoms with E-state index in [4.69, 9.17) is 23.7 Å². The van der Waals surface area contributed by atoms with Crippen LogP contribution < -0.4 is 0 Å². The first-order valence-corrected chi connectivity index (χ1v) is 11.8. The Balaban J connectivity index is 1.31. The summed E-state index contributed by atoms with van der Waals surface area (Å²) in [6.07, 6.45) is -8.63. The third-order valence-electron chi connectivity index (χ3n) is 8.87. The van der Waals surface area contributed by atoms with Crippen LogP contribution in [0.1, 0.15) is 30.1 Å². The molecule has 37 heavy (non-hydrogen) atoms. The smallest absolute Gasteiger partial charge is 0.338 e. The Hall–Kier alpha value is -2.27. The molecule has 4 aliphatic heterocycles. The minimum atomic E-state index is -1.70. The zero-order valence-corrected chi connectivity index (χ0v) is 19.6. The molecule has 0 spiro atoms. The van der Waals surface area contributed by atoms with Gasteiger partial charge in [-0.25, -0.2) is 4.79 Å². The van der Waals surface area contributed by atoms with Gasteiger partial charge in [-0.3, -0.25) is 0 Å². The molecule has 6 bridgehead atoms. The van der Waals surface area contributed by atoms with E-state index in [9.17, 15) is 45.6 Å². The molecule has 11 atom stereocenters. The van der Waals surface area contributed by atoms with Gasteiger partial charge in [0.2, 0.25) is 0 Å². The van der Waals surface area contributed by atoms with Gasteiger partial charge in [-0.05, 0) is 25.5 Å². The third kappa shape index (κ3) is 2.93. The number of carbonyl (C=O) groups excluding carboxylic acids is 1. The second kappa shape index (κ2) is 7.65. The van der Waals surface area contributed by atoms with E-state index in [-0.39, 0.29) is 18.4 Å². The molecule has 14 nitrogen and oxygen atoms in total. The summed E-state index contributed by atoms with van der Waals surface area (Å²) in [6, 6.07) is 1.83. The Morgan fingerprint density at radius 1 is 1.08 bits per heavy atom. The lowest BCUT2D eigenvalue weighted by atomic mass is 9.41. The number of aromatic hydroxyl groups is 3. The highest BCUT2D eigenvalue weighted by molar-refractivity contribution is 5.91. The van der Waals surface area contributed by atoms with Crippen LogP contribution in [0.3, 0.4) is 0 Å². The fourth-order valence-corrected chi connectivity index (χ4v) is 7.02. The maximum atomic E-state index is 12.8. The number of phenolic OH excluding ortho intramolecular Hbond substituents is 3. The summed E-state index contributed by atoms with van der Waals surface area (Å²) in [5.74, 6) is -5.44. The van der Waals surface area contributed by atoms with E-state index in [1.54, 1.807) is 6.92 Å². The minimum absolute atomic E-state index is 0.00596. The first-order chi connectivity index (χ1) is 17.3. The van der Waals surface area contributed by atoms with Crippen molar-refractivity contribution in [3.05, 3.63) is 17.7 Å². The SMILES string of the molecule is C[C@@]12C[C@@]3(O)O[C@@H](O1)[C@]1(COC(=O)c4cc(O)c(O)c(O)c4)[C@H]3C[C@@]12O[C@@H]1O[C@H](CO)[C@@H](O)[C@H](O)[C@H]1O. The zero-order chi connectivity index (χ0) is 26.7. The van der Waals surface area contributed by atoms with Gasteiger partial charge in [0.15, 0.2) is 35.6 Å². The van der Waals surface area contributed by atoms with E-state index in [0.717, 1.165) is 12.1 Å². The molecule has 3 aliphatic carbocycles. The van der Waals surface area contributed by atoms with Gasteiger partial charge in [-0.2, -0.15) is 0 Å². The number of aliphatic hydroxyl groups is 5. The predicted octanol–water partition coefficient (Wildman–Crippen LogP) is -2.24. The van der Waals surface area contributed by atoms with Crippen molar-refractivity contribution in [1.82, 2.24) is 0 Å². The molecule has 1 aromatic rings. The summed E-state index contributed by atoms with van der Waals surface area (Å²) in [6.45, 7) is 0.611. The van der Waals surface area contributed by atoms with E-state index >= 15 is 0 Å². The summed E-state index contributed by atoms with van der Waals surface area (Å²) in [4.78, 5) is 12.8. The Bertz CT molecular complexity index is 1120. The second-order valence-electron chi connectivity index (χ2n) is 10.7. The lowest BCUT2D eigenvalue weighted by molar-refractivity contribution is -0.424. The van der Waals surface area contributed by atoms with Crippen LogP contribution in [0.5, 0.6) is 17.2 Å². The van der Waals surface area contributed by atoms with Crippen LogP contribution >= 0.6 is 0 Å². The number of ether oxygens (including phenoxy) is 5. The van der Waals surface area contributed by atoms with Crippen molar-refractivity contribution in [2.45, 2.75) is 73.8 Å². The number of phenols is 3. The van der Waals surface area contributed by atoms with Crippen molar-refractivity contribution < 1.29 is 69.3 Å². The molecular formula is C23H28O14. The monoisotopic (exact) mass is 528 g/mol. The summed E-state index contributed by atoms with van der Waals surface area (Å²) in [5, 5.41) is 80.7. The zero-order valence-electron chi connectivity index (χ0n) is 19.6. The van der Waals surface area contributed by atoms with Crippen molar-refractivity contribution in [3.8, 4) is 17.2 Å². The third-order valence-corrected chi connectivity index (χ3v) is 8.87. The van der Waals surface area contributed by atoms with Crippen LogP contribution in [0.4, 0.5) is 0 Å². The molecule has 1 aromatic carbocycles. The normalized spacial score (nSPS) is 49.2. The quantitative estimate of drug-likeness (QED) is 0.144. The summed E-state index contributed by atoms with van der Waals surface area (Å²) >= 11 is 0. The Morgan fingerprint density at radius 3 is 2.41 bits per heavy atom. The van der Waals surface area contributed by atoms with Crippen LogP contribution in [0.25, 0.3) is 0 Å². The largest absolute Gasteiger partial charge is 0.504 e. The highest BCUT2D eigenvalue weighted by Crippen LogP contribution is 2.81. The topological polar surface area (TPSA) is 225 Å². The Kier molecular flexibility index (Phi) is 5.18. The first-order valence-electron chi connectivity index (χ1n) is 11.8. The van der Waals surface area contributed by atoms with Gasteiger partial charge in [0.1, 0.15) is 42.2 Å². The molecule has 4 saturated heterocycles. The van der Waals surface area contributed by atoms with Gasteiger partial charge < -0.3 is 64.5 Å². The molecule has 8 rings (SSSR count). The van der Waals surface area contributed by atoms with Crippen molar-refractivity contribution in [3.63, 3.8) is 0 Å². The predicted molar refractivity (Wildman–Crippen MR) is 114 cm³/mol. The van der Waals surface area contributed by atoms with Crippen LogP contribution in [0.2, 0.25) is 0 Å². The molecule has 3 saturated carbocycles. The van der Waals surface area contributed by atoms with Crippen molar-refractivity contribution in [2.24, 2.45) is 11.3 Å². The molecule has 0 aromatic heterocycles. The van der Waals surface area contributed by atoms with Gasteiger partial charge in [0.05, 0.1) is 17.6 Å². The maximum Gasteiger partial charge on any atom is 0.338 e. The van der Waals surface area contributed by atoms with E-state index < -0.39 is 102 Å². The maximum absolute atomic E-state index is 12.8. The number of aliphatic hydroxyl groups excluding tert-OH is 4. The highest BCUT2D eigenvalue weighted by Gasteiger charge is 2.94. The summed E-state index contributed by atoms with van der Waals surface area (Å²) in [5.41, 5.74) is -4.07. The number of esters is 1. The number of hydrogen-bond donors (Lipinski definition) is 8. The van der Waals surface area contributed by atoms with Gasteiger partial charge in [0.25, 0.3) is 0 Å². The molecule has 7 fully saturated rings. The fraction of sp³-hybridized carbons (Fsp3) is 0.696. The van der Waals surface area contributed by atoms with E-state index in [0.29, 0.717) is 0 Å². The Labute approximate surface area is 209 Å². The summed E-state index contributed by atoms with van der Waals surface area (Å²) in [7, 11) is 0. The lowest BCUT2D eigenvalue weighted by Gasteiger charge is -2.67. The molecule has 14 heteroatoms. The van der Waals surface area contributed by atoms with E-state index in [2.05, 4.69) is 0 Å². The molecule has 0 amide bonds. The van der Waals surface area contributed by atoms with Gasteiger partial charge >= 0.3 is 5.97 Å². The van der Waals surface area contributed by atoms with Gasteiger partial charge in [-0.1, -0.05) is 0 Å². The van der Waals surface area contributed by atoms with Crippen molar-refractivity contribution >= 4 is 5.97 Å². The molecule has 4 heterocycles. The van der Waals surface area contributed by atoms with Crippen LogP contribution in [-0.2, 0) is 23.7 Å². The number of rotatable bonds is 6. The van der Waals surface area contributed by atoms with Crippen molar-refractivity contribution in [1.29, 1.82) is 0 Å². The lowest BCUT2D eigenvalue weighted by Crippen LogP contribution is -2.80. The van der Waals surface area contributed by atoms with E-state index in [1.807, 2.05) is 0 Å². The summed E-state index contributed by atoms with van der Waals surface area (Å²) < 4.78 is 29.3. The average molecular weight is 528 g/mol. The number of carbonyl (C=O) groups is 1. The second-order valence-corrected chi connectivity index (χ2v) is 10.7. The Morgan fingerprint density at radius 2 is 1.76 bits per heavy atom. The minimum Gasteiger partial charge on any atom is -0.504 e. The highest BCUT2D eigenvalue weighted by atomic mass is 16.8. The van der Waals surface area contributed by atoms with Gasteiger partial charge in [0, 0.05) is 12.3 Å². The fourth-order valence-electron chi connectivity index (χ4n) is 7.02. The van der Waals surface area contributed by atoms with Crippen molar-refractivity contribution in [2.75, 3.05) is 13.2 Å². The molecule has 8 N–H and O–H groups in total. The van der Waals surface area contributed by atoms with Gasteiger partial charge in [-0.15, -0.1) is 0 Å². The molecule has 0 radical (unpaired) electrons. The molecule has 204 valence electrons. The molecular weight excluding hydrogens is 500 g/mol. The average Bonchev–Trinajstić information content (AvgIpc) is 3.03. The molecule has 0 unspecified atom stereocenters. The van der Waals surface area contributed by atoms with Crippen LogP contribution in [0.15, 0.2) is 12.1 Å². The first kappa shape index (κ1) is 25.0. The van der Waals surface area contributed by atoms with Crippen LogP contribution in [-0.4, -0.2) is 114 Å². The van der Waals surface area contributed by atoms with E-state index in [1.165, 1.54) is 0 Å². The molecule has 7 aliphatic rings.